The summed E-state index contributed by atoms with van der Waals surface area (Å²) in [5.41, 5.74) is 1.49. The molecule has 3 rings (SSSR count). The highest BCUT2D eigenvalue weighted by Crippen LogP contribution is 2.40. The van der Waals surface area contributed by atoms with E-state index in [1.54, 1.807) is 30.3 Å². The lowest BCUT2D eigenvalue weighted by Gasteiger charge is -2.09. The lowest BCUT2D eigenvalue weighted by atomic mass is 9.98. The van der Waals surface area contributed by atoms with E-state index in [1.807, 2.05) is 13.0 Å². The molecule has 0 spiro atoms. The second-order valence-electron chi connectivity index (χ2n) is 4.93. The molecule has 0 aliphatic rings. The number of halogens is 3. The molecule has 0 amide bonds. The topological polar surface area (TPSA) is 41.6 Å². The molecule has 0 aliphatic carbocycles. The summed E-state index contributed by atoms with van der Waals surface area (Å²) >= 11 is 0. The number of aryl methyl sites for hydroxylation is 1. The summed E-state index contributed by atoms with van der Waals surface area (Å²) in [4.78, 5) is 3.85. The van der Waals surface area contributed by atoms with Crippen molar-refractivity contribution in [2.75, 3.05) is 0 Å². The smallest absolute Gasteiger partial charge is 0.272 e. The van der Waals surface area contributed by atoms with Gasteiger partial charge in [0, 0.05) is 23.5 Å². The van der Waals surface area contributed by atoms with Crippen molar-refractivity contribution in [2.45, 2.75) is 20.5 Å². The Labute approximate surface area is 132 Å². The van der Waals surface area contributed by atoms with Crippen LogP contribution in [0.15, 0.2) is 48.8 Å². The average molecular weight is 319 g/mol. The van der Waals surface area contributed by atoms with Crippen molar-refractivity contribution < 1.29 is 13.2 Å². The third kappa shape index (κ3) is 3.26. The fourth-order valence-electron chi connectivity index (χ4n) is 2.35. The van der Waals surface area contributed by atoms with E-state index < -0.39 is 11.9 Å². The summed E-state index contributed by atoms with van der Waals surface area (Å²) in [6.45, 7) is 1.88. The van der Waals surface area contributed by atoms with Crippen molar-refractivity contribution in [1.29, 1.82) is 0 Å². The number of alkyl halides is 3. The minimum absolute atomic E-state index is 0. The van der Waals surface area contributed by atoms with Crippen LogP contribution in [0, 0.1) is 6.92 Å². The fraction of sp³-hybridized carbons (Fsp3) is 0.176. The van der Waals surface area contributed by atoms with Crippen molar-refractivity contribution in [1.82, 2.24) is 15.2 Å². The van der Waals surface area contributed by atoms with E-state index in [-0.39, 0.29) is 18.7 Å². The summed E-state index contributed by atoms with van der Waals surface area (Å²) in [5.74, 6) is 0. The molecule has 2 heterocycles. The molecule has 0 saturated carbocycles. The molecule has 0 radical (unpaired) electrons. The van der Waals surface area contributed by atoms with Crippen LogP contribution in [0.25, 0.3) is 22.4 Å². The van der Waals surface area contributed by atoms with E-state index in [0.29, 0.717) is 11.1 Å². The standard InChI is InChI=1S/C16H12F3N3.CH4/c1-10-3-2-4-12(9-10)14-13(11-5-7-20-8-6-11)15(22-21-14)16(17,18)19;/h2-9H,1H3,(H,21,22);1H4. The number of nitrogens with one attached hydrogen (secondary N) is 1. The van der Waals surface area contributed by atoms with Gasteiger partial charge in [0.1, 0.15) is 11.4 Å². The highest BCUT2D eigenvalue weighted by Gasteiger charge is 2.37. The number of aromatic nitrogens is 3. The predicted octanol–water partition coefficient (Wildman–Crippen LogP) is 5.10. The van der Waals surface area contributed by atoms with Crippen LogP contribution in [-0.2, 0) is 6.18 Å². The molecule has 120 valence electrons. The number of H-pyrrole nitrogens is 1. The zero-order valence-corrected chi connectivity index (χ0v) is 11.6. The van der Waals surface area contributed by atoms with Crippen molar-refractivity contribution in [3.63, 3.8) is 0 Å². The Kier molecular flexibility index (Phi) is 4.54. The van der Waals surface area contributed by atoms with Gasteiger partial charge in [-0.2, -0.15) is 18.3 Å². The summed E-state index contributed by atoms with van der Waals surface area (Å²) in [6, 6.07) is 10.3. The Hall–Kier alpha value is -2.63. The molecule has 0 fully saturated rings. The van der Waals surface area contributed by atoms with Gasteiger partial charge in [-0.25, -0.2) is 0 Å². The van der Waals surface area contributed by atoms with Crippen LogP contribution in [0.1, 0.15) is 18.7 Å². The van der Waals surface area contributed by atoms with Gasteiger partial charge in [-0.1, -0.05) is 31.2 Å². The van der Waals surface area contributed by atoms with Gasteiger partial charge in [-0.3, -0.25) is 10.1 Å². The van der Waals surface area contributed by atoms with E-state index in [1.165, 1.54) is 12.4 Å². The number of aromatic amines is 1. The Morgan fingerprint density at radius 3 is 2.30 bits per heavy atom. The summed E-state index contributed by atoms with van der Waals surface area (Å²) in [7, 11) is 0. The van der Waals surface area contributed by atoms with Gasteiger partial charge < -0.3 is 0 Å². The van der Waals surface area contributed by atoms with Crippen LogP contribution in [0.4, 0.5) is 13.2 Å². The molecule has 0 aliphatic heterocycles. The first-order valence-corrected chi connectivity index (χ1v) is 6.60. The first kappa shape index (κ1) is 16.7. The normalized spacial score (nSPS) is 11.1. The zero-order valence-electron chi connectivity index (χ0n) is 11.6. The Bertz CT molecular complexity index is 792. The molecule has 0 unspecified atom stereocenters. The van der Waals surface area contributed by atoms with Crippen molar-refractivity contribution in [2.24, 2.45) is 0 Å². The van der Waals surface area contributed by atoms with Crippen LogP contribution in [0.5, 0.6) is 0 Å². The van der Waals surface area contributed by atoms with Gasteiger partial charge in [-0.05, 0) is 30.7 Å². The third-order valence-corrected chi connectivity index (χ3v) is 3.31. The SMILES string of the molecule is C.Cc1cccc(-c2n[nH]c(C(F)(F)F)c2-c2ccncc2)c1. The fourth-order valence-corrected chi connectivity index (χ4v) is 2.35. The van der Waals surface area contributed by atoms with Crippen LogP contribution in [-0.4, -0.2) is 15.2 Å². The van der Waals surface area contributed by atoms with Crippen LogP contribution in [0.2, 0.25) is 0 Å². The van der Waals surface area contributed by atoms with Crippen LogP contribution in [0.3, 0.4) is 0 Å². The number of hydrogen-bond acceptors (Lipinski definition) is 2. The number of nitrogens with zero attached hydrogens (tertiary/aromatic N) is 2. The lowest BCUT2D eigenvalue weighted by Crippen LogP contribution is -2.07. The molecule has 1 aromatic carbocycles. The monoisotopic (exact) mass is 319 g/mol. The highest BCUT2D eigenvalue weighted by molar-refractivity contribution is 5.83. The van der Waals surface area contributed by atoms with E-state index in [2.05, 4.69) is 15.2 Å². The second kappa shape index (κ2) is 6.24. The van der Waals surface area contributed by atoms with Gasteiger partial charge >= 0.3 is 6.18 Å². The van der Waals surface area contributed by atoms with E-state index >= 15 is 0 Å². The molecule has 0 atom stereocenters. The Balaban J connectivity index is 0.00000192. The third-order valence-electron chi connectivity index (χ3n) is 3.31. The van der Waals surface area contributed by atoms with Crippen molar-refractivity contribution in [3.8, 4) is 22.4 Å². The minimum atomic E-state index is -4.51. The molecule has 6 heteroatoms. The maximum atomic E-state index is 13.3. The van der Waals surface area contributed by atoms with Crippen LogP contribution < -0.4 is 0 Å². The minimum Gasteiger partial charge on any atom is -0.272 e. The number of hydrogen-bond donors (Lipinski definition) is 1. The van der Waals surface area contributed by atoms with Gasteiger partial charge in [0.25, 0.3) is 0 Å². The van der Waals surface area contributed by atoms with Gasteiger partial charge in [0.2, 0.25) is 0 Å². The Morgan fingerprint density at radius 2 is 1.70 bits per heavy atom. The highest BCUT2D eigenvalue weighted by atomic mass is 19.4. The van der Waals surface area contributed by atoms with Crippen LogP contribution >= 0.6 is 0 Å². The quantitative estimate of drug-likeness (QED) is 0.714. The second-order valence-corrected chi connectivity index (χ2v) is 4.93. The number of pyridine rings is 1. The first-order chi connectivity index (χ1) is 10.5. The molecular weight excluding hydrogens is 303 g/mol. The molecule has 0 saturated heterocycles. The van der Waals surface area contributed by atoms with Gasteiger partial charge in [-0.15, -0.1) is 0 Å². The van der Waals surface area contributed by atoms with Crippen molar-refractivity contribution >= 4 is 0 Å². The maximum absolute atomic E-state index is 13.3. The van der Waals surface area contributed by atoms with E-state index in [4.69, 9.17) is 0 Å². The summed E-state index contributed by atoms with van der Waals surface area (Å²) in [6.07, 6.45) is -1.58. The van der Waals surface area contributed by atoms with Crippen molar-refractivity contribution in [3.05, 3.63) is 60.0 Å². The summed E-state index contributed by atoms with van der Waals surface area (Å²) in [5, 5.41) is 6.04. The predicted molar refractivity (Wildman–Crippen MR) is 83.7 cm³/mol. The number of rotatable bonds is 2. The van der Waals surface area contributed by atoms with E-state index in [9.17, 15) is 13.2 Å². The average Bonchev–Trinajstić information content (AvgIpc) is 2.93. The molecule has 3 aromatic rings. The molecule has 2 aromatic heterocycles. The number of benzene rings is 1. The lowest BCUT2D eigenvalue weighted by molar-refractivity contribution is -0.140. The van der Waals surface area contributed by atoms with E-state index in [0.717, 1.165) is 5.56 Å². The molecular formula is C17H16F3N3. The van der Waals surface area contributed by atoms with Gasteiger partial charge in [0.15, 0.2) is 0 Å². The molecule has 23 heavy (non-hydrogen) atoms. The first-order valence-electron chi connectivity index (χ1n) is 6.60. The molecule has 3 nitrogen and oxygen atoms in total. The van der Waals surface area contributed by atoms with Gasteiger partial charge in [0.05, 0.1) is 0 Å². The summed E-state index contributed by atoms with van der Waals surface area (Å²) < 4.78 is 39.8. The maximum Gasteiger partial charge on any atom is 0.433 e. The molecule has 0 bridgehead atoms. The largest absolute Gasteiger partial charge is 0.433 e. The molecule has 1 N–H and O–H groups in total. The Morgan fingerprint density at radius 1 is 1.00 bits per heavy atom. The zero-order chi connectivity index (χ0) is 15.7.